The number of anilines is 1. The summed E-state index contributed by atoms with van der Waals surface area (Å²) in [5.74, 6) is 0.425. The number of hydrogen-bond acceptors (Lipinski definition) is 5. The molecule has 1 aromatic carbocycles. The molecule has 1 aromatic rings. The zero-order chi connectivity index (χ0) is 21.8. The largest absolute Gasteiger partial charge is 0.497 e. The van der Waals surface area contributed by atoms with E-state index in [1.807, 2.05) is 24.3 Å². The van der Waals surface area contributed by atoms with Crippen molar-refractivity contribution in [3.8, 4) is 5.75 Å². The SMILES string of the molecule is COc1cccc(N2CC(C(=O)NCC3(N4CCN(C)CC4)CCCCC3)CC2=O)c1. The van der Waals surface area contributed by atoms with Gasteiger partial charge in [0.25, 0.3) is 0 Å². The Balaban J connectivity index is 1.38. The molecule has 0 bridgehead atoms. The molecule has 1 atom stereocenters. The summed E-state index contributed by atoms with van der Waals surface area (Å²) >= 11 is 0. The third-order valence-electron chi connectivity index (χ3n) is 7.41. The summed E-state index contributed by atoms with van der Waals surface area (Å²) < 4.78 is 5.28. The Morgan fingerprint density at radius 2 is 1.90 bits per heavy atom. The zero-order valence-electron chi connectivity index (χ0n) is 18.9. The highest BCUT2D eigenvalue weighted by atomic mass is 16.5. The Bertz CT molecular complexity index is 785. The Morgan fingerprint density at radius 1 is 1.16 bits per heavy atom. The number of ether oxygens (including phenoxy) is 1. The van der Waals surface area contributed by atoms with Gasteiger partial charge in [-0.05, 0) is 32.0 Å². The van der Waals surface area contributed by atoms with Crippen LogP contribution in [-0.2, 0) is 9.59 Å². The Hall–Kier alpha value is -2.12. The van der Waals surface area contributed by atoms with Gasteiger partial charge in [-0.15, -0.1) is 0 Å². The number of carbonyl (C=O) groups excluding carboxylic acids is 2. The number of methoxy groups -OCH3 is 1. The van der Waals surface area contributed by atoms with E-state index >= 15 is 0 Å². The second-order valence-electron chi connectivity index (χ2n) is 9.40. The maximum Gasteiger partial charge on any atom is 0.227 e. The van der Waals surface area contributed by atoms with Crippen molar-refractivity contribution in [3.63, 3.8) is 0 Å². The molecule has 1 saturated carbocycles. The molecule has 7 heteroatoms. The second-order valence-corrected chi connectivity index (χ2v) is 9.40. The lowest BCUT2D eigenvalue weighted by Crippen LogP contribution is -2.61. The van der Waals surface area contributed by atoms with Gasteiger partial charge in [0.15, 0.2) is 0 Å². The number of piperazine rings is 1. The fraction of sp³-hybridized carbons (Fsp3) is 0.667. The number of benzene rings is 1. The van der Waals surface area contributed by atoms with E-state index in [1.54, 1.807) is 12.0 Å². The van der Waals surface area contributed by atoms with E-state index in [0.717, 1.165) is 44.7 Å². The fourth-order valence-electron chi connectivity index (χ4n) is 5.40. The van der Waals surface area contributed by atoms with E-state index in [9.17, 15) is 9.59 Å². The molecule has 2 saturated heterocycles. The first-order chi connectivity index (χ1) is 15.0. The van der Waals surface area contributed by atoms with Crippen LogP contribution in [0.2, 0.25) is 0 Å². The predicted molar refractivity (Wildman–Crippen MR) is 121 cm³/mol. The van der Waals surface area contributed by atoms with Crippen LogP contribution in [0.5, 0.6) is 5.75 Å². The van der Waals surface area contributed by atoms with Crippen LogP contribution in [0.15, 0.2) is 24.3 Å². The summed E-state index contributed by atoms with van der Waals surface area (Å²) in [5, 5.41) is 3.26. The van der Waals surface area contributed by atoms with E-state index in [2.05, 4.69) is 22.2 Å². The van der Waals surface area contributed by atoms with E-state index in [0.29, 0.717) is 18.8 Å². The summed E-state index contributed by atoms with van der Waals surface area (Å²) in [6.45, 7) is 5.43. The van der Waals surface area contributed by atoms with Gasteiger partial charge in [0.05, 0.1) is 13.0 Å². The molecule has 0 aromatic heterocycles. The number of nitrogens with one attached hydrogen (secondary N) is 1. The lowest BCUT2D eigenvalue weighted by molar-refractivity contribution is -0.127. The van der Waals surface area contributed by atoms with E-state index < -0.39 is 0 Å². The molecule has 170 valence electrons. The zero-order valence-corrected chi connectivity index (χ0v) is 18.9. The predicted octanol–water partition coefficient (Wildman–Crippen LogP) is 2.11. The average molecular weight is 429 g/mol. The molecule has 2 amide bonds. The van der Waals surface area contributed by atoms with E-state index in [1.165, 1.54) is 19.3 Å². The maximum atomic E-state index is 13.1. The topological polar surface area (TPSA) is 65.1 Å². The molecule has 4 rings (SSSR count). The van der Waals surface area contributed by atoms with Crippen molar-refractivity contribution in [1.82, 2.24) is 15.1 Å². The van der Waals surface area contributed by atoms with Crippen molar-refractivity contribution < 1.29 is 14.3 Å². The molecule has 1 unspecified atom stereocenters. The monoisotopic (exact) mass is 428 g/mol. The number of hydrogen-bond donors (Lipinski definition) is 1. The molecule has 2 aliphatic heterocycles. The molecule has 0 radical (unpaired) electrons. The molecule has 0 spiro atoms. The smallest absolute Gasteiger partial charge is 0.227 e. The van der Waals surface area contributed by atoms with Crippen molar-refractivity contribution in [2.45, 2.75) is 44.1 Å². The van der Waals surface area contributed by atoms with Crippen LogP contribution in [0.1, 0.15) is 38.5 Å². The molecule has 7 nitrogen and oxygen atoms in total. The van der Waals surface area contributed by atoms with Gasteiger partial charge < -0.3 is 19.9 Å². The summed E-state index contributed by atoms with van der Waals surface area (Å²) in [4.78, 5) is 32.4. The highest BCUT2D eigenvalue weighted by Gasteiger charge is 2.41. The molecule has 3 fully saturated rings. The van der Waals surface area contributed by atoms with Gasteiger partial charge in [0.1, 0.15) is 5.75 Å². The molecular weight excluding hydrogens is 392 g/mol. The van der Waals surface area contributed by atoms with Gasteiger partial charge in [-0.3, -0.25) is 14.5 Å². The molecule has 1 aliphatic carbocycles. The van der Waals surface area contributed by atoms with Gasteiger partial charge >= 0.3 is 0 Å². The van der Waals surface area contributed by atoms with Gasteiger partial charge in [0.2, 0.25) is 11.8 Å². The number of rotatable bonds is 6. The molecule has 31 heavy (non-hydrogen) atoms. The van der Waals surface area contributed by atoms with Crippen molar-refractivity contribution in [1.29, 1.82) is 0 Å². The minimum Gasteiger partial charge on any atom is -0.497 e. The third-order valence-corrected chi connectivity index (χ3v) is 7.41. The van der Waals surface area contributed by atoms with Crippen molar-refractivity contribution in [3.05, 3.63) is 24.3 Å². The van der Waals surface area contributed by atoms with Crippen LogP contribution < -0.4 is 15.0 Å². The highest BCUT2D eigenvalue weighted by Crippen LogP contribution is 2.34. The number of amides is 2. The van der Waals surface area contributed by atoms with Gasteiger partial charge in [-0.2, -0.15) is 0 Å². The van der Waals surface area contributed by atoms with Crippen LogP contribution in [0.4, 0.5) is 5.69 Å². The van der Waals surface area contributed by atoms with Crippen molar-refractivity contribution in [2.75, 3.05) is 58.3 Å². The van der Waals surface area contributed by atoms with Gasteiger partial charge in [-0.25, -0.2) is 0 Å². The minimum atomic E-state index is -0.299. The summed E-state index contributed by atoms with van der Waals surface area (Å²) in [7, 11) is 3.79. The molecule has 1 N–H and O–H groups in total. The second kappa shape index (κ2) is 9.57. The standard InChI is InChI=1S/C24H36N4O3/c1-26-11-13-27(14-12-26)24(9-4-3-5-10-24)18-25-23(30)19-15-22(29)28(17-19)20-7-6-8-21(16-20)31-2/h6-8,16,19H,3-5,9-15,17-18H2,1-2H3,(H,25,30). The Morgan fingerprint density at radius 3 is 2.61 bits per heavy atom. The van der Waals surface area contributed by atoms with Gasteiger partial charge in [0, 0.05) is 63.0 Å². The van der Waals surface area contributed by atoms with Gasteiger partial charge in [-0.1, -0.05) is 25.3 Å². The normalized spacial score (nSPS) is 24.9. The molecule has 2 heterocycles. The molecular formula is C24H36N4O3. The quantitative estimate of drug-likeness (QED) is 0.752. The van der Waals surface area contributed by atoms with E-state index in [4.69, 9.17) is 4.74 Å². The summed E-state index contributed by atoms with van der Waals surface area (Å²) in [5.41, 5.74) is 0.866. The maximum absolute atomic E-state index is 13.1. The molecule has 3 aliphatic rings. The summed E-state index contributed by atoms with van der Waals surface area (Å²) in [6, 6.07) is 7.47. The fourth-order valence-corrected chi connectivity index (χ4v) is 5.40. The Labute approximate surface area is 185 Å². The van der Waals surface area contributed by atoms with Crippen LogP contribution in [-0.4, -0.2) is 80.6 Å². The van der Waals surface area contributed by atoms with E-state index in [-0.39, 0.29) is 29.7 Å². The lowest BCUT2D eigenvalue weighted by Gasteiger charge is -2.49. The lowest BCUT2D eigenvalue weighted by atomic mass is 9.79. The number of nitrogens with zero attached hydrogens (tertiary/aromatic N) is 3. The first kappa shape index (κ1) is 22.1. The van der Waals surface area contributed by atoms with Crippen molar-refractivity contribution in [2.24, 2.45) is 5.92 Å². The Kier molecular flexibility index (Phi) is 6.82. The average Bonchev–Trinajstić information content (AvgIpc) is 3.20. The number of carbonyl (C=O) groups is 2. The van der Waals surface area contributed by atoms with Crippen LogP contribution in [0.25, 0.3) is 0 Å². The third kappa shape index (κ3) is 4.88. The summed E-state index contributed by atoms with van der Waals surface area (Å²) in [6.07, 6.45) is 6.31. The van der Waals surface area contributed by atoms with Crippen LogP contribution in [0.3, 0.4) is 0 Å². The van der Waals surface area contributed by atoms with Crippen LogP contribution in [0, 0.1) is 5.92 Å². The minimum absolute atomic E-state index is 0.000139. The number of likely N-dealkylation sites (N-methyl/N-ethyl adjacent to an activating group) is 1. The highest BCUT2D eigenvalue weighted by molar-refractivity contribution is 6.00. The van der Waals surface area contributed by atoms with Crippen molar-refractivity contribution >= 4 is 17.5 Å². The first-order valence-electron chi connectivity index (χ1n) is 11.7. The van der Waals surface area contributed by atoms with Crippen LogP contribution >= 0.6 is 0 Å². The first-order valence-corrected chi connectivity index (χ1v) is 11.7.